The molecular formula is C33H44F2. The predicted molar refractivity (Wildman–Crippen MR) is 145 cm³/mol. The van der Waals surface area contributed by atoms with Crippen molar-refractivity contribution in [1.29, 1.82) is 0 Å². The Morgan fingerprint density at radius 2 is 1.57 bits per heavy atom. The zero-order valence-corrected chi connectivity index (χ0v) is 21.9. The maximum atomic E-state index is 15.2. The topological polar surface area (TPSA) is 0 Å². The molecule has 2 aromatic carbocycles. The molecule has 4 rings (SSSR count). The monoisotopic (exact) mass is 478 g/mol. The SMILES string of the molecule is C/C=C/CCc1ccc(-c2c(F)cc([C@@H]3CC[C@@H]4CC(CCCCCC)CC[C@@H]4C3)cc2F)cc1. The van der Waals surface area contributed by atoms with Crippen molar-refractivity contribution in [2.24, 2.45) is 17.8 Å². The molecule has 0 aromatic heterocycles. The second-order valence-corrected chi connectivity index (χ2v) is 11.2. The summed E-state index contributed by atoms with van der Waals surface area (Å²) in [5, 5.41) is 0. The zero-order valence-electron chi connectivity index (χ0n) is 21.9. The van der Waals surface area contributed by atoms with Gasteiger partial charge in [0.15, 0.2) is 0 Å². The van der Waals surface area contributed by atoms with E-state index in [-0.39, 0.29) is 5.56 Å². The van der Waals surface area contributed by atoms with Crippen molar-refractivity contribution in [3.63, 3.8) is 0 Å². The van der Waals surface area contributed by atoms with Crippen LogP contribution in [0.4, 0.5) is 8.78 Å². The molecular weight excluding hydrogens is 434 g/mol. The first-order valence-electron chi connectivity index (χ1n) is 14.3. The van der Waals surface area contributed by atoms with Crippen molar-refractivity contribution in [2.75, 3.05) is 0 Å². The lowest BCUT2D eigenvalue weighted by atomic mass is 9.63. The van der Waals surface area contributed by atoms with Gasteiger partial charge in [0, 0.05) is 0 Å². The fraction of sp³-hybridized carbons (Fsp3) is 0.576. The molecule has 2 aliphatic rings. The third kappa shape index (κ3) is 6.83. The number of unbranched alkanes of at least 4 members (excludes halogenated alkanes) is 3. The van der Waals surface area contributed by atoms with Gasteiger partial charge in [-0.3, -0.25) is 0 Å². The predicted octanol–water partition coefficient (Wildman–Crippen LogP) is 10.4. The van der Waals surface area contributed by atoms with E-state index in [0.29, 0.717) is 11.5 Å². The van der Waals surface area contributed by atoms with Gasteiger partial charge >= 0.3 is 0 Å². The van der Waals surface area contributed by atoms with Crippen LogP contribution >= 0.6 is 0 Å². The smallest absolute Gasteiger partial charge is 0.134 e. The second kappa shape index (κ2) is 12.8. The first kappa shape index (κ1) is 26.1. The standard InChI is InChI=1S/C33H44F2/c1-3-5-7-9-11-25-14-17-28-21-29(19-18-27(28)20-25)30-22-31(34)33(32(35)23-30)26-15-12-24(13-16-26)10-8-6-4-2/h4,6,12-13,15-16,22-23,25,27-29H,3,5,7-11,14,17-21H2,1-2H3/b6-4+/t25?,27-,28-,29-/m1/s1. The Bertz CT molecular complexity index is 935. The third-order valence-corrected chi connectivity index (χ3v) is 8.80. The number of hydrogen-bond acceptors (Lipinski definition) is 0. The van der Waals surface area contributed by atoms with Gasteiger partial charge in [0.2, 0.25) is 0 Å². The molecule has 2 fully saturated rings. The van der Waals surface area contributed by atoms with E-state index in [2.05, 4.69) is 13.0 Å². The Morgan fingerprint density at radius 1 is 0.857 bits per heavy atom. The van der Waals surface area contributed by atoms with Gasteiger partial charge < -0.3 is 0 Å². The van der Waals surface area contributed by atoms with E-state index in [1.54, 1.807) is 12.1 Å². The average Bonchev–Trinajstić information content (AvgIpc) is 2.87. The Balaban J connectivity index is 1.37. The van der Waals surface area contributed by atoms with Crippen molar-refractivity contribution in [3.8, 4) is 11.1 Å². The normalized spacial score (nSPS) is 24.6. The lowest BCUT2D eigenvalue weighted by Crippen LogP contribution is -2.30. The van der Waals surface area contributed by atoms with Crippen LogP contribution in [-0.2, 0) is 6.42 Å². The molecule has 0 N–H and O–H groups in total. The number of allylic oxidation sites excluding steroid dienone is 2. The summed E-state index contributed by atoms with van der Waals surface area (Å²) >= 11 is 0. The van der Waals surface area contributed by atoms with Crippen LogP contribution in [0.2, 0.25) is 0 Å². The Morgan fingerprint density at radius 3 is 2.29 bits per heavy atom. The van der Waals surface area contributed by atoms with Crippen LogP contribution in [0, 0.1) is 29.4 Å². The molecule has 0 amide bonds. The molecule has 190 valence electrons. The maximum absolute atomic E-state index is 15.2. The fourth-order valence-electron chi connectivity index (χ4n) is 6.77. The van der Waals surface area contributed by atoms with E-state index in [4.69, 9.17) is 0 Å². The summed E-state index contributed by atoms with van der Waals surface area (Å²) in [6.07, 6.45) is 20.4. The van der Waals surface area contributed by atoms with Crippen LogP contribution in [0.15, 0.2) is 48.6 Å². The second-order valence-electron chi connectivity index (χ2n) is 11.2. The van der Waals surface area contributed by atoms with E-state index in [1.807, 2.05) is 37.3 Å². The number of rotatable bonds is 10. The van der Waals surface area contributed by atoms with Crippen LogP contribution < -0.4 is 0 Å². The molecule has 0 radical (unpaired) electrons. The van der Waals surface area contributed by atoms with Crippen LogP contribution in [0.5, 0.6) is 0 Å². The quantitative estimate of drug-likeness (QED) is 0.235. The molecule has 4 atom stereocenters. The number of aryl methyl sites for hydroxylation is 1. The highest BCUT2D eigenvalue weighted by molar-refractivity contribution is 5.65. The van der Waals surface area contributed by atoms with E-state index < -0.39 is 11.6 Å². The number of benzene rings is 2. The van der Waals surface area contributed by atoms with Crippen LogP contribution in [-0.4, -0.2) is 0 Å². The molecule has 2 saturated carbocycles. The Labute approximate surface area is 212 Å². The molecule has 0 saturated heterocycles. The molecule has 1 unspecified atom stereocenters. The largest absolute Gasteiger partial charge is 0.206 e. The highest BCUT2D eigenvalue weighted by Crippen LogP contribution is 2.49. The van der Waals surface area contributed by atoms with Gasteiger partial charge in [0.05, 0.1) is 5.56 Å². The highest BCUT2D eigenvalue weighted by atomic mass is 19.1. The molecule has 0 heterocycles. The summed E-state index contributed by atoms with van der Waals surface area (Å²) < 4.78 is 30.4. The first-order valence-corrected chi connectivity index (χ1v) is 14.3. The summed E-state index contributed by atoms with van der Waals surface area (Å²) in [6, 6.07) is 11.0. The molecule has 2 aliphatic carbocycles. The van der Waals surface area contributed by atoms with Gasteiger partial charge in [-0.25, -0.2) is 8.78 Å². The van der Waals surface area contributed by atoms with E-state index in [9.17, 15) is 0 Å². The van der Waals surface area contributed by atoms with Crippen molar-refractivity contribution < 1.29 is 8.78 Å². The zero-order chi connectivity index (χ0) is 24.6. The van der Waals surface area contributed by atoms with Gasteiger partial charge in [0.1, 0.15) is 11.6 Å². The minimum absolute atomic E-state index is 0.117. The minimum atomic E-state index is -0.417. The number of hydrogen-bond donors (Lipinski definition) is 0. The van der Waals surface area contributed by atoms with Crippen LogP contribution in [0.3, 0.4) is 0 Å². The average molecular weight is 479 g/mol. The van der Waals surface area contributed by atoms with Crippen LogP contribution in [0.25, 0.3) is 11.1 Å². The lowest BCUT2D eigenvalue weighted by Gasteiger charge is -2.42. The number of halogens is 2. The molecule has 0 aliphatic heterocycles. The highest BCUT2D eigenvalue weighted by Gasteiger charge is 2.36. The van der Waals surface area contributed by atoms with Crippen molar-refractivity contribution >= 4 is 0 Å². The van der Waals surface area contributed by atoms with Gasteiger partial charge in [-0.1, -0.05) is 81.9 Å². The van der Waals surface area contributed by atoms with Crippen molar-refractivity contribution in [3.05, 3.63) is 71.3 Å². The fourth-order valence-corrected chi connectivity index (χ4v) is 6.77. The Hall–Kier alpha value is -1.96. The molecule has 2 heteroatoms. The Kier molecular flexibility index (Phi) is 9.58. The molecule has 35 heavy (non-hydrogen) atoms. The first-order chi connectivity index (χ1) is 17.1. The van der Waals surface area contributed by atoms with Crippen molar-refractivity contribution in [1.82, 2.24) is 0 Å². The van der Waals surface area contributed by atoms with Crippen LogP contribution in [0.1, 0.15) is 108 Å². The van der Waals surface area contributed by atoms with E-state index >= 15 is 8.78 Å². The minimum Gasteiger partial charge on any atom is -0.206 e. The lowest BCUT2D eigenvalue weighted by molar-refractivity contribution is 0.113. The third-order valence-electron chi connectivity index (χ3n) is 8.80. The number of fused-ring (bicyclic) bond motifs is 1. The molecule has 0 spiro atoms. The van der Waals surface area contributed by atoms with Gasteiger partial charge in [-0.15, -0.1) is 0 Å². The van der Waals surface area contributed by atoms with Crippen molar-refractivity contribution in [2.45, 2.75) is 103 Å². The maximum Gasteiger partial charge on any atom is 0.134 e. The summed E-state index contributed by atoms with van der Waals surface area (Å²) in [5.74, 6) is 1.94. The summed E-state index contributed by atoms with van der Waals surface area (Å²) in [6.45, 7) is 4.30. The molecule has 0 bridgehead atoms. The summed E-state index contributed by atoms with van der Waals surface area (Å²) in [5.41, 5.74) is 2.80. The summed E-state index contributed by atoms with van der Waals surface area (Å²) in [4.78, 5) is 0. The van der Waals surface area contributed by atoms with E-state index in [0.717, 1.165) is 49.0 Å². The summed E-state index contributed by atoms with van der Waals surface area (Å²) in [7, 11) is 0. The van der Waals surface area contributed by atoms with Gasteiger partial charge in [0.25, 0.3) is 0 Å². The van der Waals surface area contributed by atoms with Gasteiger partial charge in [-0.2, -0.15) is 0 Å². The van der Waals surface area contributed by atoms with Gasteiger partial charge in [-0.05, 0) is 104 Å². The molecule has 0 nitrogen and oxygen atoms in total. The van der Waals surface area contributed by atoms with E-state index in [1.165, 1.54) is 63.4 Å². The molecule has 2 aromatic rings.